The summed E-state index contributed by atoms with van der Waals surface area (Å²) in [6, 6.07) is 126. The third-order valence-corrected chi connectivity index (χ3v) is 20.0. The van der Waals surface area contributed by atoms with Crippen molar-refractivity contribution in [2.45, 2.75) is 7.43 Å². The van der Waals surface area contributed by atoms with Gasteiger partial charge in [0.25, 0.3) is 0 Å². The van der Waals surface area contributed by atoms with Crippen LogP contribution < -0.4 is 9.47 Å². The molecule has 17 aromatic rings. The van der Waals surface area contributed by atoms with Crippen LogP contribution in [0.2, 0.25) is 0 Å². The third-order valence-electron chi connectivity index (χ3n) is 19.5. The van der Waals surface area contributed by atoms with Gasteiger partial charge in [0.05, 0.1) is 5.33 Å². The number of rotatable bonds is 18. The topological polar surface area (TPSA) is 110 Å². The van der Waals surface area contributed by atoms with E-state index in [-0.39, 0.29) is 54.2 Å². The summed E-state index contributed by atoms with van der Waals surface area (Å²) in [5, 5.41) is 31.9. The van der Waals surface area contributed by atoms with Gasteiger partial charge in [0.1, 0.15) is 23.0 Å². The second-order valence-corrected chi connectivity index (χ2v) is 26.8. The number of halogens is 2. The van der Waals surface area contributed by atoms with Gasteiger partial charge in [-0.25, -0.2) is 0 Å². The van der Waals surface area contributed by atoms with Crippen LogP contribution in [0.15, 0.2) is 382 Å². The van der Waals surface area contributed by atoms with Crippen molar-refractivity contribution < 1.29 is 38.8 Å². The fourth-order valence-corrected chi connectivity index (χ4v) is 14.2. The Morgan fingerprint density at radius 2 is 0.464 bits per heavy atom. The molecule has 17 rings (SSSR count). The number of benzene rings is 17. The van der Waals surface area contributed by atoms with E-state index < -0.39 is 0 Å². The zero-order chi connectivity index (χ0) is 73.7. The van der Waals surface area contributed by atoms with Crippen molar-refractivity contribution in [1.82, 2.24) is 0 Å². The van der Waals surface area contributed by atoms with Gasteiger partial charge in [-0.1, -0.05) is 381 Å². The van der Waals surface area contributed by atoms with Gasteiger partial charge >= 0.3 is 0 Å². The summed E-state index contributed by atoms with van der Waals surface area (Å²) < 4.78 is 12.9. The lowest BCUT2D eigenvalue weighted by atomic mass is 9.93. The van der Waals surface area contributed by atoms with Crippen molar-refractivity contribution in [1.29, 1.82) is 0 Å². The van der Waals surface area contributed by atoms with Gasteiger partial charge in [-0.05, 0) is 134 Å². The van der Waals surface area contributed by atoms with Crippen molar-refractivity contribution in [2.75, 3.05) is 18.5 Å². The predicted octanol–water partition coefficient (Wildman–Crippen LogP) is 26.3. The van der Waals surface area contributed by atoms with Crippen molar-refractivity contribution >= 4 is 76.4 Å². The van der Waals surface area contributed by atoms with Gasteiger partial charge < -0.3 is 19.7 Å². The Bertz CT molecular complexity index is 5720. The summed E-state index contributed by atoms with van der Waals surface area (Å²) >= 11 is 3.10. The molecule has 0 saturated heterocycles. The van der Waals surface area contributed by atoms with Crippen LogP contribution in [-0.2, 0) is 0 Å². The van der Waals surface area contributed by atoms with Crippen LogP contribution in [0.1, 0.15) is 38.5 Å². The minimum absolute atomic E-state index is 0. The maximum absolute atomic E-state index is 13.4. The Balaban J connectivity index is 0.000000177. The molecule has 110 heavy (non-hydrogen) atoms. The molecule has 0 aliphatic heterocycles. The lowest BCUT2D eigenvalue weighted by molar-refractivity contribution is 0.0913. The number of fused-ring (bicyclic) bond motifs is 4. The van der Waals surface area contributed by atoms with Gasteiger partial charge in [-0.3, -0.25) is 19.1 Å². The first-order valence-corrected chi connectivity index (χ1v) is 36.9. The van der Waals surface area contributed by atoms with E-state index in [9.17, 15) is 24.6 Å². The normalized spacial score (nSPS) is 10.7. The van der Waals surface area contributed by atoms with E-state index in [1.165, 1.54) is 54.2 Å². The summed E-state index contributed by atoms with van der Waals surface area (Å²) in [7, 11) is 0. The van der Waals surface area contributed by atoms with Crippen molar-refractivity contribution in [3.05, 3.63) is 399 Å². The van der Waals surface area contributed by atoms with Crippen molar-refractivity contribution in [3.63, 3.8) is 0 Å². The van der Waals surface area contributed by atoms with Gasteiger partial charge in [-0.15, -0.1) is 0 Å². The molecule has 0 bridgehead atoms. The fraction of sp³-hybridized carbons (Fsp3) is 0.0396. The molecule has 9 heteroatoms. The summed E-state index contributed by atoms with van der Waals surface area (Å²) in [5.41, 5.74) is 17.0. The summed E-state index contributed by atoms with van der Waals surface area (Å²) in [6.07, 6.45) is 0. The minimum atomic E-state index is -0.155. The van der Waals surface area contributed by atoms with E-state index in [1.54, 1.807) is 36.4 Å². The molecule has 536 valence electrons. The van der Waals surface area contributed by atoms with Gasteiger partial charge in [0.15, 0.2) is 30.6 Å². The number of ether oxygens (including phenoxy) is 2. The molecule has 0 heterocycles. The predicted molar refractivity (Wildman–Crippen MR) is 456 cm³/mol. The number of hydrogen-bond acceptors (Lipinski definition) is 7. The molecule has 0 fully saturated rings. The number of carbonyl (C=O) groups excluding carboxylic acids is 3. The van der Waals surface area contributed by atoms with Crippen LogP contribution in [0.4, 0.5) is 4.70 Å². The zero-order valence-electron chi connectivity index (χ0n) is 59.2. The SMILES string of the molecule is C.F.O=C(CBr)c1ccccc1.O=C(COc1cc(-c2ccc(-c3cccc4ccccc34)cc2)c(OCC(=O)c2ccccc2)cc1-c1ccc(-c2cccc3ccccc23)cc1)c1ccccc1.Oc1cc(-c2ccc(-c3cccc4ccccc34)cc2)c(O)cc1-c1ccc(-c2cccc3ccccc23)cc1. The van der Waals surface area contributed by atoms with Crippen LogP contribution in [0.3, 0.4) is 0 Å². The second kappa shape index (κ2) is 34.8. The monoisotopic (exact) mass is 1500 g/mol. The Labute approximate surface area is 647 Å². The summed E-state index contributed by atoms with van der Waals surface area (Å²) in [4.78, 5) is 37.7. The molecular formula is C101H76BrFO7. The molecule has 0 saturated carbocycles. The number of alkyl halides is 1. The first-order chi connectivity index (χ1) is 53.1. The number of aromatic hydroxyl groups is 2. The maximum Gasteiger partial charge on any atom is 0.200 e. The van der Waals surface area contributed by atoms with Crippen molar-refractivity contribution in [3.8, 4) is 112 Å². The molecule has 0 radical (unpaired) electrons. The van der Waals surface area contributed by atoms with Crippen molar-refractivity contribution in [2.24, 2.45) is 0 Å². The third kappa shape index (κ3) is 16.6. The Morgan fingerprint density at radius 3 is 0.727 bits per heavy atom. The molecule has 0 amide bonds. The molecule has 0 atom stereocenters. The number of hydrogen-bond donors (Lipinski definition) is 2. The molecule has 0 aromatic heterocycles. The van der Waals surface area contributed by atoms with Crippen LogP contribution >= 0.6 is 15.9 Å². The quantitative estimate of drug-likeness (QED) is 0.0500. The number of Topliss-reactive ketones (excluding diaryl/α,β-unsaturated/α-hetero) is 3. The highest BCUT2D eigenvalue weighted by atomic mass is 79.9. The number of phenols is 2. The summed E-state index contributed by atoms with van der Waals surface area (Å²) in [6.45, 7) is -0.311. The van der Waals surface area contributed by atoms with E-state index in [1.807, 2.05) is 115 Å². The van der Waals surface area contributed by atoms with E-state index in [4.69, 9.17) is 9.47 Å². The highest BCUT2D eigenvalue weighted by Gasteiger charge is 2.21. The average molecular weight is 1500 g/mol. The minimum Gasteiger partial charge on any atom is -0.507 e. The zero-order valence-corrected chi connectivity index (χ0v) is 60.8. The average Bonchev–Trinajstić information content (AvgIpc) is 0.785. The summed E-state index contributed by atoms with van der Waals surface area (Å²) in [5.74, 6) is 1.17. The highest BCUT2D eigenvalue weighted by molar-refractivity contribution is 9.09. The van der Waals surface area contributed by atoms with E-state index in [0.29, 0.717) is 39.1 Å². The second-order valence-electron chi connectivity index (χ2n) is 26.2. The molecule has 0 unspecified atom stereocenters. The van der Waals surface area contributed by atoms with Gasteiger partial charge in [0.2, 0.25) is 0 Å². The Morgan fingerprint density at radius 1 is 0.245 bits per heavy atom. The van der Waals surface area contributed by atoms with Crippen LogP contribution in [0.25, 0.3) is 132 Å². The Kier molecular flexibility index (Phi) is 23.6. The van der Waals surface area contributed by atoms with E-state index in [2.05, 4.69) is 246 Å². The number of carbonyl (C=O) groups is 3. The maximum atomic E-state index is 13.4. The van der Waals surface area contributed by atoms with Crippen LogP contribution in [0.5, 0.6) is 23.0 Å². The smallest absolute Gasteiger partial charge is 0.200 e. The fourth-order valence-electron chi connectivity index (χ4n) is 13.9. The largest absolute Gasteiger partial charge is 0.507 e. The van der Waals surface area contributed by atoms with Crippen LogP contribution in [-0.4, -0.2) is 46.1 Å². The van der Waals surface area contributed by atoms with E-state index >= 15 is 0 Å². The molecule has 0 aliphatic carbocycles. The first kappa shape index (κ1) is 74.7. The molecule has 2 N–H and O–H groups in total. The first-order valence-electron chi connectivity index (χ1n) is 35.7. The molecule has 17 aromatic carbocycles. The van der Waals surface area contributed by atoms with Gasteiger partial charge in [-0.2, -0.15) is 0 Å². The number of phenolic OH excluding ortho intramolecular Hbond substituents is 2. The van der Waals surface area contributed by atoms with E-state index in [0.717, 1.165) is 72.3 Å². The number of ketones is 3. The lowest BCUT2D eigenvalue weighted by Gasteiger charge is -2.19. The molecule has 7 nitrogen and oxygen atoms in total. The lowest BCUT2D eigenvalue weighted by Crippen LogP contribution is -2.13. The molecular weight excluding hydrogens is 1420 g/mol. The molecule has 0 spiro atoms. The van der Waals surface area contributed by atoms with Gasteiger partial charge in [0, 0.05) is 38.9 Å². The Hall–Kier alpha value is -13.6. The molecule has 0 aliphatic rings. The van der Waals surface area contributed by atoms with Crippen LogP contribution in [0, 0.1) is 0 Å². The highest BCUT2D eigenvalue weighted by Crippen LogP contribution is 2.45. The standard InChI is InChI=1S/C54H38O4.C38H26O2.C8H7BrO.CH4.FH/c55-51(43-15-3-1-4-16-43)35-57-53-33-50(42-31-27-40(28-32-42)48-24-12-20-38-14-8-10-22-46(38)48)54(58-36-52(56)44-17-5-2-6-18-44)34-49(53)41-29-25-39(26-30-41)47-23-11-19-37-13-7-9-21-45(37)47;39-37-24-36(30-21-17-28(18-22-30)34-14-6-10-26-8-2-4-12-32(26)34)38(40)23-35(37)29-19-15-27(16-20-29)33-13-5-9-25-7-1-3-11-31(25)33;9-6-8(10)7-4-2-1-3-5-7;;/h1-34H,35-36H2;1-24,39-40H;1-5H,6H2;1H4;1H.